The molecule has 0 fully saturated rings. The Balaban J connectivity index is 2.82. The second-order valence-corrected chi connectivity index (χ2v) is 8.34. The lowest BCUT2D eigenvalue weighted by molar-refractivity contribution is 0.407. The zero-order valence-electron chi connectivity index (χ0n) is 13.0. The molecule has 114 valence electrons. The van der Waals surface area contributed by atoms with Crippen LogP contribution in [0.25, 0.3) is 0 Å². The predicted octanol–water partition coefficient (Wildman–Crippen LogP) is 2.51. The van der Waals surface area contributed by atoms with E-state index < -0.39 is 10.0 Å². The van der Waals surface area contributed by atoms with Crippen LogP contribution in [-0.4, -0.2) is 21.0 Å². The highest BCUT2D eigenvalue weighted by molar-refractivity contribution is 7.89. The molecule has 0 saturated heterocycles. The minimum absolute atomic E-state index is 0.0795. The summed E-state index contributed by atoms with van der Waals surface area (Å²) < 4.78 is 27.1. The van der Waals surface area contributed by atoms with Gasteiger partial charge in [0.25, 0.3) is 0 Å². The minimum atomic E-state index is -3.43. The number of sulfonamides is 1. The number of hydrogen-bond donors (Lipinski definition) is 2. The summed E-state index contributed by atoms with van der Waals surface area (Å²) in [7, 11) is -3.43. The molecule has 0 heterocycles. The van der Waals surface area contributed by atoms with Crippen molar-refractivity contribution < 1.29 is 8.42 Å². The smallest absolute Gasteiger partial charge is 0.240 e. The van der Waals surface area contributed by atoms with Crippen LogP contribution in [0.1, 0.15) is 40.2 Å². The van der Waals surface area contributed by atoms with Gasteiger partial charge < -0.3 is 5.32 Å². The van der Waals surface area contributed by atoms with Gasteiger partial charge in [-0.25, -0.2) is 13.1 Å². The van der Waals surface area contributed by atoms with Crippen molar-refractivity contribution in [1.29, 1.82) is 0 Å². The van der Waals surface area contributed by atoms with E-state index in [4.69, 9.17) is 0 Å². The Kier molecular flexibility index (Phi) is 5.74. The van der Waals surface area contributed by atoms with Gasteiger partial charge in [0.05, 0.1) is 4.90 Å². The van der Waals surface area contributed by atoms with E-state index in [2.05, 4.69) is 23.9 Å². The van der Waals surface area contributed by atoms with Crippen molar-refractivity contribution in [2.24, 2.45) is 5.41 Å². The Morgan fingerprint density at radius 1 is 1.20 bits per heavy atom. The fourth-order valence-corrected chi connectivity index (χ4v) is 2.89. The molecule has 0 aliphatic heterocycles. The monoisotopic (exact) mass is 298 g/mol. The summed E-state index contributed by atoms with van der Waals surface area (Å²) in [5.41, 5.74) is 0.890. The molecule has 20 heavy (non-hydrogen) atoms. The third-order valence-electron chi connectivity index (χ3n) is 2.72. The normalized spacial score (nSPS) is 12.9. The van der Waals surface area contributed by atoms with E-state index in [1.165, 1.54) is 0 Å². The van der Waals surface area contributed by atoms with Crippen molar-refractivity contribution in [3.63, 3.8) is 0 Å². The van der Waals surface area contributed by atoms with Gasteiger partial charge in [-0.3, -0.25) is 0 Å². The van der Waals surface area contributed by atoms with Crippen LogP contribution in [0.15, 0.2) is 29.2 Å². The molecule has 0 amide bonds. The molecule has 0 bridgehead atoms. The molecule has 1 rings (SSSR count). The largest absolute Gasteiger partial charge is 0.310 e. The highest BCUT2D eigenvalue weighted by Gasteiger charge is 2.18. The van der Waals surface area contributed by atoms with Crippen molar-refractivity contribution in [2.75, 3.05) is 6.54 Å². The van der Waals surface area contributed by atoms with Crippen molar-refractivity contribution >= 4 is 10.0 Å². The van der Waals surface area contributed by atoms with Crippen molar-refractivity contribution in [3.8, 4) is 0 Å². The Morgan fingerprint density at radius 2 is 1.85 bits per heavy atom. The molecule has 0 aromatic heterocycles. The van der Waals surface area contributed by atoms with Crippen LogP contribution in [0.4, 0.5) is 0 Å². The zero-order chi connectivity index (χ0) is 15.4. The molecule has 2 N–H and O–H groups in total. The van der Waals surface area contributed by atoms with E-state index in [0.29, 0.717) is 24.0 Å². The van der Waals surface area contributed by atoms with Crippen molar-refractivity contribution in [1.82, 2.24) is 10.0 Å². The molecule has 0 saturated carbocycles. The Morgan fingerprint density at radius 3 is 2.40 bits per heavy atom. The molecule has 1 aromatic carbocycles. The van der Waals surface area contributed by atoms with Crippen LogP contribution in [0.5, 0.6) is 0 Å². The van der Waals surface area contributed by atoms with E-state index in [1.807, 2.05) is 26.8 Å². The molecule has 0 spiro atoms. The number of hydrogen-bond acceptors (Lipinski definition) is 3. The van der Waals surface area contributed by atoms with Crippen LogP contribution < -0.4 is 10.0 Å². The lowest BCUT2D eigenvalue weighted by atomic mass is 9.98. The van der Waals surface area contributed by atoms with Gasteiger partial charge in [-0.05, 0) is 23.1 Å². The first kappa shape index (κ1) is 17.1. The van der Waals surface area contributed by atoms with Crippen LogP contribution in [0, 0.1) is 5.41 Å². The summed E-state index contributed by atoms with van der Waals surface area (Å²) in [6.45, 7) is 11.2. The molecule has 0 aliphatic carbocycles. The van der Waals surface area contributed by atoms with Crippen molar-refractivity contribution in [3.05, 3.63) is 29.8 Å². The molecule has 1 aromatic rings. The first-order valence-electron chi connectivity index (χ1n) is 6.92. The number of benzene rings is 1. The fourth-order valence-electron chi connectivity index (χ4n) is 1.54. The van der Waals surface area contributed by atoms with Gasteiger partial charge in [0.2, 0.25) is 10.0 Å². The highest BCUT2D eigenvalue weighted by atomic mass is 32.2. The van der Waals surface area contributed by atoms with Gasteiger partial charge in [0.15, 0.2) is 0 Å². The predicted molar refractivity (Wildman–Crippen MR) is 83.1 cm³/mol. The lowest BCUT2D eigenvalue weighted by Crippen LogP contribution is -2.32. The summed E-state index contributed by atoms with van der Waals surface area (Å²) in [6.07, 6.45) is 0. The van der Waals surface area contributed by atoms with Gasteiger partial charge >= 0.3 is 0 Å². The highest BCUT2D eigenvalue weighted by Crippen LogP contribution is 2.15. The first-order valence-corrected chi connectivity index (χ1v) is 8.40. The molecule has 0 aliphatic rings. The molecule has 0 radical (unpaired) electrons. The molecule has 0 unspecified atom stereocenters. The third kappa shape index (κ3) is 6.03. The maximum atomic E-state index is 12.2. The first-order chi connectivity index (χ1) is 9.10. The van der Waals surface area contributed by atoms with Crippen LogP contribution in [0.3, 0.4) is 0 Å². The van der Waals surface area contributed by atoms with Gasteiger partial charge in [-0.1, -0.05) is 46.8 Å². The summed E-state index contributed by atoms with van der Waals surface area (Å²) in [5.74, 6) is 0. The average molecular weight is 298 g/mol. The second-order valence-electron chi connectivity index (χ2n) is 6.57. The van der Waals surface area contributed by atoms with E-state index in [1.54, 1.807) is 18.2 Å². The fraction of sp³-hybridized carbons (Fsp3) is 0.600. The summed E-state index contributed by atoms with van der Waals surface area (Å²) in [5, 5.41) is 3.28. The van der Waals surface area contributed by atoms with Crippen LogP contribution >= 0.6 is 0 Å². The lowest BCUT2D eigenvalue weighted by Gasteiger charge is -2.19. The maximum absolute atomic E-state index is 12.2. The van der Waals surface area contributed by atoms with E-state index >= 15 is 0 Å². The van der Waals surface area contributed by atoms with Crippen LogP contribution in [-0.2, 0) is 16.6 Å². The summed E-state index contributed by atoms with van der Waals surface area (Å²) in [4.78, 5) is 0.324. The van der Waals surface area contributed by atoms with Gasteiger partial charge in [-0.2, -0.15) is 0 Å². The number of nitrogens with one attached hydrogen (secondary N) is 2. The quantitative estimate of drug-likeness (QED) is 0.848. The molecule has 5 heteroatoms. The molecular formula is C15H26N2O2S. The van der Waals surface area contributed by atoms with Gasteiger partial charge in [-0.15, -0.1) is 0 Å². The Bertz CT molecular complexity index is 531. The van der Waals surface area contributed by atoms with E-state index in [9.17, 15) is 8.42 Å². The van der Waals surface area contributed by atoms with Crippen LogP contribution in [0.2, 0.25) is 0 Å². The molecule has 0 atom stereocenters. The Labute approximate surface area is 123 Å². The van der Waals surface area contributed by atoms with Gasteiger partial charge in [0, 0.05) is 19.1 Å². The number of rotatable bonds is 6. The summed E-state index contributed by atoms with van der Waals surface area (Å²) >= 11 is 0. The second kappa shape index (κ2) is 6.70. The topological polar surface area (TPSA) is 58.2 Å². The molecule has 4 nitrogen and oxygen atoms in total. The zero-order valence-corrected chi connectivity index (χ0v) is 13.8. The third-order valence-corrected chi connectivity index (χ3v) is 4.11. The van der Waals surface area contributed by atoms with E-state index in [0.717, 1.165) is 5.56 Å². The standard InChI is InChI=1S/C15H26N2O2S/c1-12(2)16-10-13-7-6-8-14(9-13)20(18,19)17-11-15(3,4)5/h6-9,12,16-17H,10-11H2,1-5H3. The van der Waals surface area contributed by atoms with E-state index in [-0.39, 0.29) is 5.41 Å². The maximum Gasteiger partial charge on any atom is 0.240 e. The average Bonchev–Trinajstić information content (AvgIpc) is 2.34. The SMILES string of the molecule is CC(C)NCc1cccc(S(=O)(=O)NCC(C)(C)C)c1. The Hall–Kier alpha value is -0.910. The molecular weight excluding hydrogens is 272 g/mol. The van der Waals surface area contributed by atoms with Gasteiger partial charge in [0.1, 0.15) is 0 Å². The minimum Gasteiger partial charge on any atom is -0.310 e. The van der Waals surface area contributed by atoms with Crippen molar-refractivity contribution in [2.45, 2.75) is 52.1 Å². The summed E-state index contributed by atoms with van der Waals surface area (Å²) in [6, 6.07) is 7.43.